The second-order valence-corrected chi connectivity index (χ2v) is 6.00. The molecule has 0 atom stereocenters. The number of aromatic nitrogens is 3. The third-order valence-corrected chi connectivity index (χ3v) is 4.12. The van der Waals surface area contributed by atoms with Crippen LogP contribution in [0.1, 0.15) is 22.8 Å². The average molecular weight is 365 g/mol. The van der Waals surface area contributed by atoms with Gasteiger partial charge >= 0.3 is 17.1 Å². The molecule has 5 heteroatoms. The molecule has 0 amide bonds. The molecule has 0 fully saturated rings. The van der Waals surface area contributed by atoms with Gasteiger partial charge in [0.05, 0.1) is 5.70 Å². The minimum absolute atomic E-state index is 0. The number of aliphatic imine (C=N–C) groups is 1. The maximum Gasteiger partial charge on any atom is 2.00 e. The summed E-state index contributed by atoms with van der Waals surface area (Å²) in [4.78, 5) is 17.3. The first-order valence-corrected chi connectivity index (χ1v) is 7.92. The van der Waals surface area contributed by atoms with Crippen molar-refractivity contribution >= 4 is 23.9 Å². The number of aromatic amines is 1. The van der Waals surface area contributed by atoms with E-state index in [1.807, 2.05) is 48.6 Å². The van der Waals surface area contributed by atoms with Crippen molar-refractivity contribution in [3.8, 4) is 0 Å². The van der Waals surface area contributed by atoms with E-state index >= 15 is 0 Å². The minimum Gasteiger partial charge on any atom is -0.658 e. The standard InChI is InChI=1S/C20H14N4.Mn/c1-2-14-10-16-5-6-18(23-16)12-20-8-7-19(24-20)11-17-4-3-15(22-17)9-13(1)21-14;/h1-11,23H,12H2;/q-2;+2. The van der Waals surface area contributed by atoms with Gasteiger partial charge in [0, 0.05) is 23.5 Å². The first kappa shape index (κ1) is 15.8. The Hall–Kier alpha value is -2.75. The molecule has 2 aliphatic heterocycles. The molecule has 25 heavy (non-hydrogen) atoms. The van der Waals surface area contributed by atoms with E-state index < -0.39 is 0 Å². The molecule has 2 aliphatic rings. The molecule has 0 saturated carbocycles. The summed E-state index contributed by atoms with van der Waals surface area (Å²) in [7, 11) is 0. The molecule has 3 aromatic rings. The molecule has 1 N–H and O–H groups in total. The van der Waals surface area contributed by atoms with Crippen LogP contribution in [0.2, 0.25) is 0 Å². The van der Waals surface area contributed by atoms with Gasteiger partial charge in [0.2, 0.25) is 0 Å². The topological polar surface area (TPSA) is 56.4 Å². The number of rotatable bonds is 0. The summed E-state index contributed by atoms with van der Waals surface area (Å²) in [6, 6.07) is 12.2. The van der Waals surface area contributed by atoms with E-state index in [0.717, 1.165) is 51.3 Å². The van der Waals surface area contributed by atoms with Gasteiger partial charge in [-0.2, -0.15) is 0 Å². The van der Waals surface area contributed by atoms with Crippen LogP contribution in [0.15, 0.2) is 59.2 Å². The molecule has 0 unspecified atom stereocenters. The van der Waals surface area contributed by atoms with Crippen LogP contribution in [-0.4, -0.2) is 10.7 Å². The van der Waals surface area contributed by atoms with Crippen molar-refractivity contribution in [2.75, 3.05) is 0 Å². The quantitative estimate of drug-likeness (QED) is 0.614. The number of fused-ring (bicyclic) bond motifs is 7. The van der Waals surface area contributed by atoms with Crippen molar-refractivity contribution in [3.05, 3.63) is 87.7 Å². The third-order valence-electron chi connectivity index (χ3n) is 4.12. The zero-order chi connectivity index (χ0) is 15.9. The zero-order valence-electron chi connectivity index (χ0n) is 13.3. The van der Waals surface area contributed by atoms with Crippen LogP contribution >= 0.6 is 0 Å². The van der Waals surface area contributed by atoms with E-state index in [0.29, 0.717) is 0 Å². The first-order chi connectivity index (χ1) is 11.8. The molecule has 0 aliphatic carbocycles. The minimum atomic E-state index is 0. The van der Waals surface area contributed by atoms with Gasteiger partial charge in [-0.05, 0) is 24.3 Å². The van der Waals surface area contributed by atoms with Crippen molar-refractivity contribution in [2.24, 2.45) is 4.99 Å². The molecule has 5 heterocycles. The Balaban J connectivity index is 0.00000157. The first-order valence-electron chi connectivity index (χ1n) is 7.92. The van der Waals surface area contributed by atoms with Crippen LogP contribution in [0.3, 0.4) is 0 Å². The molecule has 3 aromatic heterocycles. The number of allylic oxidation sites excluding steroid dienone is 2. The van der Waals surface area contributed by atoms with Gasteiger partial charge in [0.25, 0.3) is 0 Å². The van der Waals surface area contributed by atoms with Gasteiger partial charge < -0.3 is 15.0 Å². The summed E-state index contributed by atoms with van der Waals surface area (Å²) >= 11 is 0. The number of nitrogens with one attached hydrogen (secondary N) is 1. The van der Waals surface area contributed by atoms with Crippen molar-refractivity contribution in [2.45, 2.75) is 6.42 Å². The Morgan fingerprint density at radius 1 is 0.800 bits per heavy atom. The van der Waals surface area contributed by atoms with Crippen LogP contribution in [0, 0.1) is 0 Å². The number of hydrogen-bond acceptors (Lipinski definition) is 1. The van der Waals surface area contributed by atoms with Gasteiger partial charge in [-0.3, -0.25) is 4.99 Å². The predicted molar refractivity (Wildman–Crippen MR) is 95.0 cm³/mol. The average Bonchev–Trinajstić information content (AvgIpc) is 3.32. The van der Waals surface area contributed by atoms with E-state index in [-0.39, 0.29) is 17.1 Å². The molecule has 4 nitrogen and oxygen atoms in total. The Morgan fingerprint density at radius 2 is 1.60 bits per heavy atom. The van der Waals surface area contributed by atoms with Crippen molar-refractivity contribution in [1.82, 2.24) is 15.0 Å². The summed E-state index contributed by atoms with van der Waals surface area (Å²) in [5.41, 5.74) is 6.01. The van der Waals surface area contributed by atoms with Crippen LogP contribution in [0.5, 0.6) is 0 Å². The Kier molecular flexibility index (Phi) is 3.96. The van der Waals surface area contributed by atoms with Gasteiger partial charge in [-0.1, -0.05) is 42.5 Å². The summed E-state index contributed by atoms with van der Waals surface area (Å²) in [5.74, 6) is 0. The molecule has 1 radical (unpaired) electrons. The van der Waals surface area contributed by atoms with E-state index in [2.05, 4.69) is 38.2 Å². The fraction of sp³-hybridized carbons (Fsp3) is 0.0500. The predicted octanol–water partition coefficient (Wildman–Crippen LogP) is 1.49. The molecule has 8 bridgehead atoms. The molecule has 0 saturated heterocycles. The maximum absolute atomic E-state index is 4.67. The molecule has 121 valence electrons. The number of hydrogen-bond donors (Lipinski definition) is 1. The Morgan fingerprint density at radius 3 is 2.48 bits per heavy atom. The summed E-state index contributed by atoms with van der Waals surface area (Å²) < 4.78 is 0. The second kappa shape index (κ2) is 6.28. The van der Waals surface area contributed by atoms with Crippen LogP contribution < -0.4 is 20.7 Å². The summed E-state index contributed by atoms with van der Waals surface area (Å²) in [6.45, 7) is 0. The van der Waals surface area contributed by atoms with Crippen molar-refractivity contribution < 1.29 is 17.1 Å². The Bertz CT molecular complexity index is 1130. The van der Waals surface area contributed by atoms with Gasteiger partial charge in [0.1, 0.15) is 0 Å². The van der Waals surface area contributed by atoms with Crippen molar-refractivity contribution in [3.63, 3.8) is 0 Å². The van der Waals surface area contributed by atoms with Gasteiger partial charge in [-0.25, -0.2) is 0 Å². The summed E-state index contributed by atoms with van der Waals surface area (Å²) in [6.07, 6.45) is 10.9. The molecular weight excluding hydrogens is 351 g/mol. The van der Waals surface area contributed by atoms with Crippen molar-refractivity contribution in [1.29, 1.82) is 0 Å². The smallest absolute Gasteiger partial charge is 0.658 e. The number of nitrogens with zero attached hydrogens (tertiary/aromatic N) is 3. The van der Waals surface area contributed by atoms with E-state index in [9.17, 15) is 0 Å². The maximum atomic E-state index is 4.67. The SMILES string of the molecule is C1=CC2=NC1=Cc1ccc([n-]1)C=c1ccc([n-]1)=Cc1ccc([nH]1)C2.[Mn+2]. The molecule has 0 spiro atoms. The molecular formula is C20H14MnN4. The second-order valence-electron chi connectivity index (χ2n) is 6.00. The largest absolute Gasteiger partial charge is 2.00 e. The number of H-pyrrole nitrogens is 1. The third kappa shape index (κ3) is 3.25. The normalized spacial score (nSPS) is 14.9. The van der Waals surface area contributed by atoms with Gasteiger partial charge in [-0.15, -0.1) is 22.1 Å². The molecule has 0 aromatic carbocycles. The fourth-order valence-electron chi connectivity index (χ4n) is 3.01. The fourth-order valence-corrected chi connectivity index (χ4v) is 3.01. The zero-order valence-corrected chi connectivity index (χ0v) is 14.5. The van der Waals surface area contributed by atoms with Crippen LogP contribution in [0.4, 0.5) is 0 Å². The van der Waals surface area contributed by atoms with Crippen LogP contribution in [-0.2, 0) is 23.5 Å². The van der Waals surface area contributed by atoms with Gasteiger partial charge in [0.15, 0.2) is 0 Å². The summed E-state index contributed by atoms with van der Waals surface area (Å²) in [5, 5.41) is 1.85. The molecule has 5 rings (SSSR count). The monoisotopic (exact) mass is 365 g/mol. The van der Waals surface area contributed by atoms with E-state index in [1.54, 1.807) is 0 Å². The van der Waals surface area contributed by atoms with E-state index in [1.165, 1.54) is 0 Å². The van der Waals surface area contributed by atoms with E-state index in [4.69, 9.17) is 0 Å². The van der Waals surface area contributed by atoms with Crippen LogP contribution in [0.25, 0.3) is 18.2 Å². The Labute approximate surface area is 155 Å².